The van der Waals surface area contributed by atoms with Crippen molar-refractivity contribution in [2.75, 3.05) is 5.32 Å². The number of benzene rings is 2. The number of likely N-dealkylation sites (tertiary alicyclic amines) is 1. The Morgan fingerprint density at radius 1 is 1.02 bits per heavy atom. The SMILES string of the molecule is CC(C)c1ccc(NC(=O)[C@H]2[C@H]3C=C[C@@]4(O3)[C@H]2C(=O)N(Cc2ccc(F)cc2)[C@@H]4C(=O)NC2CCCCC2)cc1. The predicted octanol–water partition coefficient (Wildman–Crippen LogP) is 4.69. The normalized spacial score (nSPS) is 29.2. The summed E-state index contributed by atoms with van der Waals surface area (Å²) in [6.45, 7) is 4.33. The van der Waals surface area contributed by atoms with Gasteiger partial charge in [0.05, 0.1) is 17.9 Å². The van der Waals surface area contributed by atoms with Gasteiger partial charge in [-0.2, -0.15) is 0 Å². The second kappa shape index (κ2) is 10.5. The first kappa shape index (κ1) is 26.7. The van der Waals surface area contributed by atoms with Gasteiger partial charge in [0.15, 0.2) is 0 Å². The van der Waals surface area contributed by atoms with E-state index in [1.54, 1.807) is 12.1 Å². The van der Waals surface area contributed by atoms with Gasteiger partial charge in [-0.05, 0) is 54.2 Å². The van der Waals surface area contributed by atoms with Gasteiger partial charge in [0, 0.05) is 18.3 Å². The largest absolute Gasteiger partial charge is 0.359 e. The van der Waals surface area contributed by atoms with Crippen LogP contribution in [0.3, 0.4) is 0 Å². The Labute approximate surface area is 234 Å². The number of hydrogen-bond donors (Lipinski definition) is 2. The standard InChI is InChI=1S/C32H36FN3O4/c1-19(2)21-10-14-24(15-11-21)34-29(37)26-25-16-17-32(40-25)27(26)31(39)36(18-20-8-12-22(33)13-9-20)28(32)30(38)35-23-6-4-3-5-7-23/h8-17,19,23,25-28H,3-7,18H2,1-2H3,(H,34,37)(H,35,38)/t25-,26+,27-,28-,32-/m1/s1. The van der Waals surface area contributed by atoms with Crippen LogP contribution in [-0.4, -0.2) is 46.4 Å². The lowest BCUT2D eigenvalue weighted by molar-refractivity contribution is -0.142. The van der Waals surface area contributed by atoms with E-state index in [-0.39, 0.29) is 36.1 Å². The van der Waals surface area contributed by atoms with Crippen LogP contribution in [0.5, 0.6) is 0 Å². The summed E-state index contributed by atoms with van der Waals surface area (Å²) in [6.07, 6.45) is 8.11. The molecule has 5 atom stereocenters. The van der Waals surface area contributed by atoms with E-state index >= 15 is 0 Å². The molecule has 1 spiro atoms. The Morgan fingerprint density at radius 2 is 1.73 bits per heavy atom. The van der Waals surface area contributed by atoms with Crippen LogP contribution in [0, 0.1) is 17.7 Å². The van der Waals surface area contributed by atoms with Gasteiger partial charge in [-0.1, -0.05) is 69.5 Å². The van der Waals surface area contributed by atoms with E-state index in [9.17, 15) is 18.8 Å². The number of nitrogens with one attached hydrogen (secondary N) is 2. The molecule has 0 unspecified atom stereocenters. The molecule has 2 bridgehead atoms. The van der Waals surface area contributed by atoms with E-state index < -0.39 is 29.6 Å². The van der Waals surface area contributed by atoms with Crippen LogP contribution in [0.1, 0.15) is 63.0 Å². The molecule has 7 nitrogen and oxygen atoms in total. The van der Waals surface area contributed by atoms with Crippen molar-refractivity contribution in [3.8, 4) is 0 Å². The van der Waals surface area contributed by atoms with E-state index in [0.717, 1.165) is 37.7 Å². The molecule has 210 valence electrons. The van der Waals surface area contributed by atoms with Gasteiger partial charge in [-0.3, -0.25) is 14.4 Å². The van der Waals surface area contributed by atoms with Gasteiger partial charge in [0.25, 0.3) is 0 Å². The van der Waals surface area contributed by atoms with Crippen molar-refractivity contribution in [2.24, 2.45) is 11.8 Å². The Kier molecular flexibility index (Phi) is 6.98. The smallest absolute Gasteiger partial charge is 0.246 e. The molecule has 40 heavy (non-hydrogen) atoms. The van der Waals surface area contributed by atoms with Crippen molar-refractivity contribution < 1.29 is 23.5 Å². The molecule has 2 aromatic carbocycles. The number of amides is 3. The summed E-state index contributed by atoms with van der Waals surface area (Å²) in [5.74, 6) is -2.47. The van der Waals surface area contributed by atoms with Crippen LogP contribution in [0.15, 0.2) is 60.7 Å². The molecule has 3 aliphatic heterocycles. The molecule has 0 aromatic heterocycles. The fourth-order valence-electron chi connectivity index (χ4n) is 6.93. The summed E-state index contributed by atoms with van der Waals surface area (Å²) < 4.78 is 20.0. The number of anilines is 1. The number of hydrogen-bond acceptors (Lipinski definition) is 4. The lowest BCUT2D eigenvalue weighted by Crippen LogP contribution is -2.56. The minimum atomic E-state index is -1.23. The summed E-state index contributed by atoms with van der Waals surface area (Å²) in [7, 11) is 0. The molecule has 3 fully saturated rings. The molecule has 6 rings (SSSR count). The summed E-state index contributed by atoms with van der Waals surface area (Å²) in [4.78, 5) is 43.2. The number of halogens is 1. The first-order chi connectivity index (χ1) is 19.3. The van der Waals surface area contributed by atoms with Crippen LogP contribution in [0.25, 0.3) is 0 Å². The first-order valence-electron chi connectivity index (χ1n) is 14.4. The molecule has 8 heteroatoms. The zero-order valence-corrected chi connectivity index (χ0v) is 22.9. The van der Waals surface area contributed by atoms with Crippen LogP contribution in [0.4, 0.5) is 10.1 Å². The highest BCUT2D eigenvalue weighted by atomic mass is 19.1. The van der Waals surface area contributed by atoms with Gasteiger partial charge in [0.1, 0.15) is 17.5 Å². The quantitative estimate of drug-likeness (QED) is 0.495. The number of fused-ring (bicyclic) bond motifs is 1. The second-order valence-corrected chi connectivity index (χ2v) is 11.9. The predicted molar refractivity (Wildman–Crippen MR) is 149 cm³/mol. The van der Waals surface area contributed by atoms with Crippen molar-refractivity contribution in [1.29, 1.82) is 0 Å². The third-order valence-electron chi connectivity index (χ3n) is 8.99. The van der Waals surface area contributed by atoms with Gasteiger partial charge in [-0.25, -0.2) is 4.39 Å². The molecule has 3 amide bonds. The molecular weight excluding hydrogens is 509 g/mol. The molecule has 1 aliphatic carbocycles. The lowest BCUT2D eigenvalue weighted by Gasteiger charge is -2.34. The van der Waals surface area contributed by atoms with E-state index in [1.807, 2.05) is 36.4 Å². The summed E-state index contributed by atoms with van der Waals surface area (Å²) in [5.41, 5.74) is 1.28. The Morgan fingerprint density at radius 3 is 2.40 bits per heavy atom. The van der Waals surface area contributed by atoms with E-state index in [2.05, 4.69) is 24.5 Å². The van der Waals surface area contributed by atoms with Crippen molar-refractivity contribution in [1.82, 2.24) is 10.2 Å². The van der Waals surface area contributed by atoms with Crippen LogP contribution >= 0.6 is 0 Å². The first-order valence-corrected chi connectivity index (χ1v) is 14.4. The van der Waals surface area contributed by atoms with Crippen LogP contribution in [-0.2, 0) is 25.7 Å². The van der Waals surface area contributed by atoms with Crippen LogP contribution in [0.2, 0.25) is 0 Å². The van der Waals surface area contributed by atoms with Gasteiger partial charge < -0.3 is 20.3 Å². The van der Waals surface area contributed by atoms with E-state index in [0.29, 0.717) is 17.2 Å². The Bertz CT molecular complexity index is 1320. The van der Waals surface area contributed by atoms with Crippen molar-refractivity contribution in [3.05, 3.63) is 77.6 Å². The second-order valence-electron chi connectivity index (χ2n) is 11.9. The summed E-state index contributed by atoms with van der Waals surface area (Å²) in [6, 6.07) is 12.7. The minimum Gasteiger partial charge on any atom is -0.359 e. The number of ether oxygens (including phenoxy) is 1. The molecule has 4 aliphatic rings. The topological polar surface area (TPSA) is 87.7 Å². The highest BCUT2D eigenvalue weighted by Gasteiger charge is 2.72. The Hall–Kier alpha value is -3.52. The average Bonchev–Trinajstić information content (AvgIpc) is 3.58. The molecular formula is C32H36FN3O4. The van der Waals surface area contributed by atoms with Gasteiger partial charge in [-0.15, -0.1) is 0 Å². The summed E-state index contributed by atoms with van der Waals surface area (Å²) >= 11 is 0. The minimum absolute atomic E-state index is 0.0509. The zero-order valence-electron chi connectivity index (χ0n) is 22.9. The molecule has 2 N–H and O–H groups in total. The maximum Gasteiger partial charge on any atom is 0.246 e. The highest BCUT2D eigenvalue weighted by molar-refractivity contribution is 6.02. The third-order valence-corrected chi connectivity index (χ3v) is 8.99. The molecule has 0 radical (unpaired) electrons. The summed E-state index contributed by atoms with van der Waals surface area (Å²) in [5, 5.41) is 6.17. The monoisotopic (exact) mass is 545 g/mol. The molecule has 2 saturated heterocycles. The maximum absolute atomic E-state index is 14.1. The van der Waals surface area contributed by atoms with Crippen molar-refractivity contribution in [3.63, 3.8) is 0 Å². The Balaban J connectivity index is 1.30. The average molecular weight is 546 g/mol. The van der Waals surface area contributed by atoms with Gasteiger partial charge >= 0.3 is 0 Å². The van der Waals surface area contributed by atoms with Crippen LogP contribution < -0.4 is 10.6 Å². The van der Waals surface area contributed by atoms with Gasteiger partial charge in [0.2, 0.25) is 17.7 Å². The number of carbonyl (C=O) groups is 3. The zero-order chi connectivity index (χ0) is 28.0. The van der Waals surface area contributed by atoms with Crippen molar-refractivity contribution in [2.45, 2.75) is 82.2 Å². The van der Waals surface area contributed by atoms with Crippen molar-refractivity contribution >= 4 is 23.4 Å². The number of rotatable bonds is 7. The van der Waals surface area contributed by atoms with E-state index in [4.69, 9.17) is 4.74 Å². The fraction of sp³-hybridized carbons (Fsp3) is 0.469. The molecule has 3 heterocycles. The number of nitrogens with zero attached hydrogens (tertiary/aromatic N) is 1. The fourth-order valence-corrected chi connectivity index (χ4v) is 6.93. The molecule has 2 aromatic rings. The maximum atomic E-state index is 14.1. The highest BCUT2D eigenvalue weighted by Crippen LogP contribution is 2.55. The third kappa shape index (κ3) is 4.62. The number of carbonyl (C=O) groups excluding carboxylic acids is 3. The lowest BCUT2D eigenvalue weighted by atomic mass is 9.74. The van der Waals surface area contributed by atoms with E-state index in [1.165, 1.54) is 17.0 Å². The molecule has 1 saturated carbocycles.